The van der Waals surface area contributed by atoms with Gasteiger partial charge >= 0.3 is 0 Å². The second-order valence-corrected chi connectivity index (χ2v) is 8.26. The number of benzene rings is 1. The van der Waals surface area contributed by atoms with Crippen LogP contribution in [0.2, 0.25) is 5.15 Å². The average molecular weight is 400 g/mol. The molecule has 1 aromatic carbocycles. The molecule has 3 atom stereocenters. The Hall–Kier alpha value is -2.54. The van der Waals surface area contributed by atoms with Crippen molar-refractivity contribution in [3.63, 3.8) is 0 Å². The van der Waals surface area contributed by atoms with Crippen molar-refractivity contribution in [2.24, 2.45) is 5.92 Å². The number of aromatic nitrogens is 5. The van der Waals surface area contributed by atoms with Crippen molar-refractivity contribution >= 4 is 28.2 Å². The highest BCUT2D eigenvalue weighted by atomic mass is 35.5. The molecule has 0 aliphatic heterocycles. The fraction of sp³-hybridized carbons (Fsp3) is 0.350. The van der Waals surface area contributed by atoms with Crippen LogP contribution in [0.1, 0.15) is 35.8 Å². The summed E-state index contributed by atoms with van der Waals surface area (Å²) in [6, 6.07) is 8.13. The maximum absolute atomic E-state index is 13.3. The molecule has 3 heterocycles. The Kier molecular flexibility index (Phi) is 3.23. The molecular weight excluding hydrogens is 384 g/mol. The van der Waals surface area contributed by atoms with Crippen LogP contribution in [-0.4, -0.2) is 30.3 Å². The van der Waals surface area contributed by atoms with Crippen LogP contribution >= 0.6 is 11.6 Å². The predicted octanol–water partition coefficient (Wildman–Crippen LogP) is 4.66. The van der Waals surface area contributed by atoms with E-state index in [1.54, 1.807) is 27.8 Å². The van der Waals surface area contributed by atoms with Gasteiger partial charge in [0.2, 0.25) is 0 Å². The summed E-state index contributed by atoms with van der Waals surface area (Å²) >= 11 is 6.18. The topological polar surface area (TPSA) is 48.0 Å². The Morgan fingerprint density at radius 3 is 2.89 bits per heavy atom. The highest BCUT2D eigenvalue weighted by Gasteiger charge is 2.57. The zero-order chi connectivity index (χ0) is 19.0. The Morgan fingerprint density at radius 2 is 2.07 bits per heavy atom. The van der Waals surface area contributed by atoms with E-state index in [0.717, 1.165) is 28.5 Å². The molecule has 0 saturated heterocycles. The summed E-state index contributed by atoms with van der Waals surface area (Å²) in [5.74, 6) is -2.45. The van der Waals surface area contributed by atoms with Gasteiger partial charge in [-0.25, -0.2) is 18.3 Å². The van der Waals surface area contributed by atoms with Crippen LogP contribution in [0.25, 0.3) is 16.6 Å². The van der Waals surface area contributed by atoms with Crippen molar-refractivity contribution in [3.8, 4) is 0 Å². The molecule has 5 nitrogen and oxygen atoms in total. The standard InChI is InChI=1S/C20H16ClF2N5/c21-18-7-16(19-24-3-4-27(19)26-18)15-6-14(15)11-1-2-12-9-25-28(17(12)5-11)10-13-8-20(13,22)23/h1-5,7,9,13-15H,6,8,10H2. The first-order chi connectivity index (χ1) is 13.5. The van der Waals surface area contributed by atoms with Gasteiger partial charge in [0.25, 0.3) is 5.92 Å². The molecule has 142 valence electrons. The molecule has 8 heteroatoms. The highest BCUT2D eigenvalue weighted by Crippen LogP contribution is 2.56. The highest BCUT2D eigenvalue weighted by molar-refractivity contribution is 6.29. The number of imidazole rings is 1. The number of hydrogen-bond acceptors (Lipinski definition) is 3. The van der Waals surface area contributed by atoms with Crippen molar-refractivity contribution in [1.29, 1.82) is 0 Å². The fourth-order valence-electron chi connectivity index (χ4n) is 4.23. The number of fused-ring (bicyclic) bond motifs is 2. The fourth-order valence-corrected chi connectivity index (χ4v) is 4.43. The van der Waals surface area contributed by atoms with E-state index < -0.39 is 11.8 Å². The lowest BCUT2D eigenvalue weighted by molar-refractivity contribution is 0.0945. The monoisotopic (exact) mass is 399 g/mol. The molecule has 3 unspecified atom stereocenters. The molecule has 0 spiro atoms. The molecule has 0 bridgehead atoms. The van der Waals surface area contributed by atoms with Crippen LogP contribution in [0.5, 0.6) is 0 Å². The van der Waals surface area contributed by atoms with E-state index >= 15 is 0 Å². The number of nitrogens with zero attached hydrogens (tertiary/aromatic N) is 5. The Bertz CT molecular complexity index is 1230. The van der Waals surface area contributed by atoms with E-state index in [2.05, 4.69) is 27.3 Å². The minimum Gasteiger partial charge on any atom is -0.264 e. The normalized spacial score (nSPS) is 25.5. The van der Waals surface area contributed by atoms with Gasteiger partial charge in [-0.15, -0.1) is 0 Å². The third-order valence-electron chi connectivity index (χ3n) is 5.99. The minimum atomic E-state index is -2.53. The second-order valence-electron chi connectivity index (χ2n) is 7.87. The summed E-state index contributed by atoms with van der Waals surface area (Å²) in [6.07, 6.45) is 6.23. The molecule has 2 fully saturated rings. The summed E-state index contributed by atoms with van der Waals surface area (Å²) in [5.41, 5.74) is 4.05. The molecule has 2 saturated carbocycles. The molecule has 0 radical (unpaired) electrons. The average Bonchev–Trinajstić information content (AvgIpc) is 3.43. The molecule has 6 rings (SSSR count). The van der Waals surface area contributed by atoms with Crippen LogP contribution in [0.4, 0.5) is 8.78 Å². The second kappa shape index (κ2) is 5.50. The first-order valence-corrected chi connectivity index (χ1v) is 9.70. The summed E-state index contributed by atoms with van der Waals surface area (Å²) in [7, 11) is 0. The van der Waals surface area contributed by atoms with Gasteiger partial charge in [0, 0.05) is 35.7 Å². The zero-order valence-corrected chi connectivity index (χ0v) is 15.5. The van der Waals surface area contributed by atoms with Gasteiger partial charge in [-0.05, 0) is 36.0 Å². The van der Waals surface area contributed by atoms with Crippen molar-refractivity contribution < 1.29 is 8.78 Å². The van der Waals surface area contributed by atoms with Gasteiger partial charge in [0.15, 0.2) is 5.65 Å². The van der Waals surface area contributed by atoms with Crippen molar-refractivity contribution in [2.45, 2.75) is 37.1 Å². The van der Waals surface area contributed by atoms with Crippen molar-refractivity contribution in [1.82, 2.24) is 24.4 Å². The van der Waals surface area contributed by atoms with Gasteiger partial charge < -0.3 is 0 Å². The van der Waals surface area contributed by atoms with Gasteiger partial charge in [-0.2, -0.15) is 10.2 Å². The van der Waals surface area contributed by atoms with Crippen LogP contribution < -0.4 is 0 Å². The SMILES string of the molecule is FC1(F)CC1Cn1ncc2ccc(C3CC3c3cc(Cl)nn4ccnc34)cc21. The van der Waals surface area contributed by atoms with E-state index in [-0.39, 0.29) is 13.0 Å². The van der Waals surface area contributed by atoms with Gasteiger partial charge in [0.05, 0.1) is 18.3 Å². The lowest BCUT2D eigenvalue weighted by Gasteiger charge is -2.06. The summed E-state index contributed by atoms with van der Waals surface area (Å²) < 4.78 is 30.1. The summed E-state index contributed by atoms with van der Waals surface area (Å²) in [4.78, 5) is 4.41. The molecule has 28 heavy (non-hydrogen) atoms. The number of hydrogen-bond donors (Lipinski definition) is 0. The third kappa shape index (κ3) is 2.53. The quantitative estimate of drug-likeness (QED) is 0.501. The molecule has 0 N–H and O–H groups in total. The van der Waals surface area contributed by atoms with Crippen LogP contribution in [0.15, 0.2) is 42.9 Å². The molecule has 2 aliphatic rings. The van der Waals surface area contributed by atoms with Crippen LogP contribution in [-0.2, 0) is 6.54 Å². The lowest BCUT2D eigenvalue weighted by Crippen LogP contribution is -2.06. The maximum Gasteiger partial charge on any atom is 0.253 e. The lowest BCUT2D eigenvalue weighted by atomic mass is 10.0. The number of alkyl halides is 2. The van der Waals surface area contributed by atoms with E-state index in [1.165, 1.54) is 5.56 Å². The smallest absolute Gasteiger partial charge is 0.253 e. The minimum absolute atomic E-state index is 0.0398. The Labute approximate surface area is 163 Å². The molecule has 3 aromatic heterocycles. The van der Waals surface area contributed by atoms with Crippen LogP contribution in [0.3, 0.4) is 0 Å². The van der Waals surface area contributed by atoms with Gasteiger partial charge in [-0.1, -0.05) is 23.7 Å². The van der Waals surface area contributed by atoms with E-state index in [9.17, 15) is 8.78 Å². The summed E-state index contributed by atoms with van der Waals surface area (Å²) in [6.45, 7) is 0.267. The Balaban J connectivity index is 1.32. The van der Waals surface area contributed by atoms with Crippen LogP contribution in [0, 0.1) is 5.92 Å². The van der Waals surface area contributed by atoms with Gasteiger partial charge in [-0.3, -0.25) is 4.68 Å². The first-order valence-electron chi connectivity index (χ1n) is 9.33. The van der Waals surface area contributed by atoms with E-state index in [0.29, 0.717) is 17.0 Å². The molecule has 2 aliphatic carbocycles. The maximum atomic E-state index is 13.3. The van der Waals surface area contributed by atoms with Crippen molar-refractivity contribution in [3.05, 3.63) is 59.1 Å². The predicted molar refractivity (Wildman–Crippen MR) is 101 cm³/mol. The number of halogens is 3. The third-order valence-corrected chi connectivity index (χ3v) is 6.18. The molecule has 4 aromatic rings. The first kappa shape index (κ1) is 16.4. The Morgan fingerprint density at radius 1 is 1.21 bits per heavy atom. The molecular formula is C20H16ClF2N5. The van der Waals surface area contributed by atoms with E-state index in [1.807, 2.05) is 12.1 Å². The number of rotatable bonds is 4. The van der Waals surface area contributed by atoms with E-state index in [4.69, 9.17) is 11.6 Å². The molecule has 0 amide bonds. The van der Waals surface area contributed by atoms with Gasteiger partial charge in [0.1, 0.15) is 5.15 Å². The zero-order valence-electron chi connectivity index (χ0n) is 14.8. The van der Waals surface area contributed by atoms with Crippen molar-refractivity contribution in [2.75, 3.05) is 0 Å². The summed E-state index contributed by atoms with van der Waals surface area (Å²) in [5, 5.41) is 10.00. The largest absolute Gasteiger partial charge is 0.264 e.